The second kappa shape index (κ2) is 13.0. The number of aliphatic hydroxyl groups is 1. The molecule has 3 atom stereocenters. The molecule has 1 heterocycles. The summed E-state index contributed by atoms with van der Waals surface area (Å²) in [5, 5.41) is 15.4. The van der Waals surface area contributed by atoms with Crippen LogP contribution >= 0.6 is 11.6 Å². The van der Waals surface area contributed by atoms with E-state index in [1.807, 2.05) is 7.05 Å². The first-order chi connectivity index (χ1) is 16.3. The summed E-state index contributed by atoms with van der Waals surface area (Å²) >= 11 is 6.12. The molecule has 0 radical (unpaired) electrons. The number of nitrogens with one attached hydrogen (secondary N) is 1. The third-order valence-corrected chi connectivity index (χ3v) is 8.30. The molecule has 1 aliphatic heterocycles. The molecule has 1 saturated heterocycles. The molecule has 2 unspecified atom stereocenters. The first-order valence-corrected chi connectivity index (χ1v) is 13.4. The lowest BCUT2D eigenvalue weighted by molar-refractivity contribution is -0.0737. The molecule has 1 aliphatic carbocycles. The fourth-order valence-electron chi connectivity index (χ4n) is 6.14. The maximum Gasteiger partial charge on any atom is 0.147 e. The lowest BCUT2D eigenvalue weighted by Gasteiger charge is -2.46. The summed E-state index contributed by atoms with van der Waals surface area (Å²) in [5.41, 5.74) is -2.16. The molecule has 0 aromatic heterocycles. The molecule has 2 fully saturated rings. The van der Waals surface area contributed by atoms with E-state index in [-0.39, 0.29) is 22.5 Å². The number of halogens is 3. The van der Waals surface area contributed by atoms with Gasteiger partial charge in [-0.05, 0) is 71.0 Å². The normalized spacial score (nSPS) is 24.0. The number of nitrogens with zero attached hydrogens (tertiary/aromatic N) is 1. The van der Waals surface area contributed by atoms with Crippen molar-refractivity contribution in [2.75, 3.05) is 40.4 Å². The van der Waals surface area contributed by atoms with Gasteiger partial charge in [-0.15, -0.1) is 0 Å². The number of rotatable bonds is 12. The predicted molar refractivity (Wildman–Crippen MR) is 135 cm³/mol. The molecule has 1 aromatic carbocycles. The van der Waals surface area contributed by atoms with E-state index in [9.17, 15) is 5.11 Å². The Kier molecular flexibility index (Phi) is 10.6. The van der Waals surface area contributed by atoms with Gasteiger partial charge in [0.25, 0.3) is 0 Å². The summed E-state index contributed by atoms with van der Waals surface area (Å²) in [6, 6.07) is 4.95. The SMILES string of the molecule is CNCC(CC1(F)CCCCC1)N1CCCC([C@@](O)(CCCCOC)c2cccc(Cl)c2F)C1. The topological polar surface area (TPSA) is 44.7 Å². The van der Waals surface area contributed by atoms with Crippen molar-refractivity contribution >= 4 is 11.6 Å². The highest BCUT2D eigenvalue weighted by atomic mass is 35.5. The van der Waals surface area contributed by atoms with Gasteiger partial charge in [-0.25, -0.2) is 8.78 Å². The van der Waals surface area contributed by atoms with Crippen molar-refractivity contribution in [3.05, 3.63) is 34.6 Å². The lowest BCUT2D eigenvalue weighted by atomic mass is 9.73. The average molecular weight is 501 g/mol. The van der Waals surface area contributed by atoms with Crippen LogP contribution in [0.5, 0.6) is 0 Å². The van der Waals surface area contributed by atoms with Gasteiger partial charge < -0.3 is 15.2 Å². The quantitative estimate of drug-likeness (QED) is 0.353. The summed E-state index contributed by atoms with van der Waals surface area (Å²) in [6.07, 6.45) is 8.49. The second-order valence-electron chi connectivity index (χ2n) is 10.4. The zero-order valence-corrected chi connectivity index (χ0v) is 21.7. The number of ether oxygens (including phenoxy) is 1. The first-order valence-electron chi connectivity index (χ1n) is 13.1. The highest BCUT2D eigenvalue weighted by molar-refractivity contribution is 6.30. The molecule has 0 amide bonds. The van der Waals surface area contributed by atoms with Crippen molar-refractivity contribution in [3.8, 4) is 0 Å². The van der Waals surface area contributed by atoms with Crippen LogP contribution in [0.4, 0.5) is 8.78 Å². The van der Waals surface area contributed by atoms with Gasteiger partial charge in [0.05, 0.1) is 10.6 Å². The Morgan fingerprint density at radius 1 is 1.26 bits per heavy atom. The van der Waals surface area contributed by atoms with Crippen LogP contribution in [-0.4, -0.2) is 62.1 Å². The molecule has 194 valence electrons. The second-order valence-corrected chi connectivity index (χ2v) is 10.8. The Balaban J connectivity index is 1.82. The van der Waals surface area contributed by atoms with Crippen LogP contribution in [-0.2, 0) is 10.3 Å². The highest BCUT2D eigenvalue weighted by Gasteiger charge is 2.44. The van der Waals surface area contributed by atoms with Gasteiger partial charge in [0.15, 0.2) is 0 Å². The van der Waals surface area contributed by atoms with E-state index >= 15 is 8.78 Å². The molecule has 2 aliphatic rings. The Bertz CT molecular complexity index is 762. The fraction of sp³-hybridized carbons (Fsp3) is 0.778. The van der Waals surface area contributed by atoms with Crippen LogP contribution in [0, 0.1) is 11.7 Å². The van der Waals surface area contributed by atoms with Crippen LogP contribution in [0.25, 0.3) is 0 Å². The van der Waals surface area contributed by atoms with Crippen molar-refractivity contribution in [2.24, 2.45) is 5.92 Å². The van der Waals surface area contributed by atoms with Gasteiger partial charge in [0.2, 0.25) is 0 Å². The molecule has 3 rings (SSSR count). The van der Waals surface area contributed by atoms with E-state index in [0.717, 1.165) is 51.5 Å². The lowest BCUT2D eigenvalue weighted by Crippen LogP contribution is -2.53. The van der Waals surface area contributed by atoms with Crippen LogP contribution in [0.15, 0.2) is 18.2 Å². The van der Waals surface area contributed by atoms with E-state index in [1.54, 1.807) is 19.2 Å². The van der Waals surface area contributed by atoms with E-state index in [0.29, 0.717) is 45.4 Å². The molecule has 1 aromatic rings. The van der Waals surface area contributed by atoms with Gasteiger partial charge in [0.1, 0.15) is 11.5 Å². The van der Waals surface area contributed by atoms with Gasteiger partial charge in [-0.2, -0.15) is 0 Å². The van der Waals surface area contributed by atoms with Crippen LogP contribution < -0.4 is 5.32 Å². The Morgan fingerprint density at radius 2 is 2.03 bits per heavy atom. The zero-order valence-electron chi connectivity index (χ0n) is 20.9. The first kappa shape index (κ1) is 27.8. The molecule has 34 heavy (non-hydrogen) atoms. The maximum atomic E-state index is 15.7. The number of piperidine rings is 1. The number of likely N-dealkylation sites (N-methyl/N-ethyl adjacent to an activating group) is 1. The van der Waals surface area contributed by atoms with Gasteiger partial charge in [-0.1, -0.05) is 43.0 Å². The minimum absolute atomic E-state index is 0.0326. The summed E-state index contributed by atoms with van der Waals surface area (Å²) in [6.45, 7) is 2.80. The van der Waals surface area contributed by atoms with Gasteiger partial charge >= 0.3 is 0 Å². The van der Waals surface area contributed by atoms with Crippen molar-refractivity contribution in [1.82, 2.24) is 10.2 Å². The van der Waals surface area contributed by atoms with E-state index in [2.05, 4.69) is 10.2 Å². The molecule has 4 nitrogen and oxygen atoms in total. The van der Waals surface area contributed by atoms with Crippen molar-refractivity contribution in [2.45, 2.75) is 87.9 Å². The van der Waals surface area contributed by atoms with Gasteiger partial charge in [-0.3, -0.25) is 4.90 Å². The zero-order chi connectivity index (χ0) is 24.6. The van der Waals surface area contributed by atoms with Gasteiger partial charge in [0, 0.05) is 44.3 Å². The number of benzene rings is 1. The minimum atomic E-state index is -1.33. The molecular weight excluding hydrogens is 458 g/mol. The number of unbranched alkanes of at least 4 members (excludes halogenated alkanes) is 1. The number of methoxy groups -OCH3 is 1. The molecule has 1 saturated carbocycles. The van der Waals surface area contributed by atoms with Crippen LogP contribution in [0.1, 0.15) is 76.2 Å². The van der Waals surface area contributed by atoms with Crippen molar-refractivity contribution < 1.29 is 18.6 Å². The largest absolute Gasteiger partial charge is 0.385 e. The van der Waals surface area contributed by atoms with E-state index in [4.69, 9.17) is 16.3 Å². The number of hydrogen-bond acceptors (Lipinski definition) is 4. The molecule has 7 heteroatoms. The molecule has 0 spiro atoms. The average Bonchev–Trinajstić information content (AvgIpc) is 2.83. The third-order valence-electron chi connectivity index (χ3n) is 8.01. The van der Waals surface area contributed by atoms with Crippen molar-refractivity contribution in [3.63, 3.8) is 0 Å². The summed E-state index contributed by atoms with van der Waals surface area (Å²) in [5.74, 6) is -0.690. The highest BCUT2D eigenvalue weighted by Crippen LogP contribution is 2.43. The number of hydrogen-bond donors (Lipinski definition) is 2. The fourth-order valence-corrected chi connectivity index (χ4v) is 6.32. The Morgan fingerprint density at radius 3 is 2.74 bits per heavy atom. The Labute approximate surface area is 209 Å². The van der Waals surface area contributed by atoms with Crippen LogP contribution in [0.2, 0.25) is 5.02 Å². The number of likely N-dealkylation sites (tertiary alicyclic amines) is 1. The molecular formula is C27H43ClF2N2O2. The molecule has 2 N–H and O–H groups in total. The monoisotopic (exact) mass is 500 g/mol. The summed E-state index contributed by atoms with van der Waals surface area (Å²) in [7, 11) is 3.57. The summed E-state index contributed by atoms with van der Waals surface area (Å²) < 4.78 is 36.0. The maximum absolute atomic E-state index is 15.7. The van der Waals surface area contributed by atoms with Crippen LogP contribution in [0.3, 0.4) is 0 Å². The molecule has 0 bridgehead atoms. The summed E-state index contributed by atoms with van der Waals surface area (Å²) in [4.78, 5) is 2.34. The van der Waals surface area contributed by atoms with E-state index < -0.39 is 17.1 Å². The van der Waals surface area contributed by atoms with Crippen molar-refractivity contribution in [1.29, 1.82) is 0 Å². The Hall–Kier alpha value is -0.790. The standard InChI is InChI=1S/C27H43ClF2N2O2/c1-31-19-22(18-26(30)13-4-3-5-14-26)32-16-9-10-21(20-32)27(33,15-6-7-17-34-2)23-11-8-12-24(28)25(23)29/h8,11-12,21-22,31,33H,3-7,9-10,13-20H2,1-2H3/t21?,22?,27-/m0/s1. The third kappa shape index (κ3) is 6.91. The van der Waals surface area contributed by atoms with E-state index in [1.165, 1.54) is 6.07 Å². The minimum Gasteiger partial charge on any atom is -0.385 e. The smallest absolute Gasteiger partial charge is 0.147 e. The number of alkyl halides is 1. The predicted octanol–water partition coefficient (Wildman–Crippen LogP) is 5.85.